The van der Waals surface area contributed by atoms with Crippen molar-refractivity contribution in [1.29, 1.82) is 0 Å². The molecule has 0 N–H and O–H groups in total. The summed E-state index contributed by atoms with van der Waals surface area (Å²) in [4.78, 5) is 4.77. The number of likely N-dealkylation sites (N-methyl/N-ethyl adjacent to an activating group) is 2. The summed E-state index contributed by atoms with van der Waals surface area (Å²) in [6, 6.07) is 0. The molecule has 0 aliphatic carbocycles. The molecular weight excluding hydrogens is 224 g/mol. The molecule has 0 amide bonds. The number of hydrogen-bond acceptors (Lipinski definition) is 3. The molecule has 2 atom stereocenters. The highest BCUT2D eigenvalue weighted by Crippen LogP contribution is 2.07. The van der Waals surface area contributed by atoms with Gasteiger partial charge in [-0.15, -0.1) is 11.6 Å². The van der Waals surface area contributed by atoms with Crippen LogP contribution in [0.2, 0.25) is 0 Å². The Balaban J connectivity index is 2.19. The van der Waals surface area contributed by atoms with Crippen LogP contribution in [0.3, 0.4) is 0 Å². The Morgan fingerprint density at radius 1 is 1.56 bits per heavy atom. The van der Waals surface area contributed by atoms with Gasteiger partial charge in [-0.3, -0.25) is 4.90 Å². The summed E-state index contributed by atoms with van der Waals surface area (Å²) in [5.41, 5.74) is 0. The molecule has 1 saturated heterocycles. The topological polar surface area (TPSA) is 15.7 Å². The summed E-state index contributed by atoms with van der Waals surface area (Å²) in [6.45, 7) is 10.5. The van der Waals surface area contributed by atoms with Crippen molar-refractivity contribution in [2.24, 2.45) is 0 Å². The molecule has 0 aromatic heterocycles. The molecule has 0 aromatic rings. The van der Waals surface area contributed by atoms with Gasteiger partial charge in [0.2, 0.25) is 0 Å². The number of alkyl halides is 1. The lowest BCUT2D eigenvalue weighted by atomic mass is 10.2. The molecule has 1 aliphatic rings. The van der Waals surface area contributed by atoms with Crippen molar-refractivity contribution in [2.45, 2.75) is 31.7 Å². The SMILES string of the molecule is CCN1CCOC(CN(C)CCC(C)Cl)C1. The van der Waals surface area contributed by atoms with E-state index in [-0.39, 0.29) is 5.38 Å². The Morgan fingerprint density at radius 3 is 2.94 bits per heavy atom. The van der Waals surface area contributed by atoms with Crippen LogP contribution in [0.5, 0.6) is 0 Å². The van der Waals surface area contributed by atoms with E-state index in [1.54, 1.807) is 0 Å². The molecule has 1 aliphatic heterocycles. The van der Waals surface area contributed by atoms with E-state index in [0.29, 0.717) is 6.10 Å². The summed E-state index contributed by atoms with van der Waals surface area (Å²) < 4.78 is 5.77. The third kappa shape index (κ3) is 5.48. The molecular formula is C12H25ClN2O. The minimum Gasteiger partial charge on any atom is -0.374 e. The molecule has 0 saturated carbocycles. The first-order chi connectivity index (χ1) is 7.61. The van der Waals surface area contributed by atoms with E-state index in [1.165, 1.54) is 0 Å². The lowest BCUT2D eigenvalue weighted by molar-refractivity contribution is -0.0389. The van der Waals surface area contributed by atoms with Crippen molar-refractivity contribution in [3.63, 3.8) is 0 Å². The van der Waals surface area contributed by atoms with Crippen molar-refractivity contribution in [3.8, 4) is 0 Å². The fourth-order valence-corrected chi connectivity index (χ4v) is 2.11. The Kier molecular flexibility index (Phi) is 6.66. The fraction of sp³-hybridized carbons (Fsp3) is 1.00. The van der Waals surface area contributed by atoms with Gasteiger partial charge in [0.15, 0.2) is 0 Å². The van der Waals surface area contributed by atoms with E-state index >= 15 is 0 Å². The predicted octanol–water partition coefficient (Wildman–Crippen LogP) is 1.66. The normalized spacial score (nSPS) is 24.9. The summed E-state index contributed by atoms with van der Waals surface area (Å²) in [6.07, 6.45) is 1.41. The second kappa shape index (κ2) is 7.49. The molecule has 4 heteroatoms. The van der Waals surface area contributed by atoms with Crippen molar-refractivity contribution in [3.05, 3.63) is 0 Å². The predicted molar refractivity (Wildman–Crippen MR) is 69.3 cm³/mol. The highest BCUT2D eigenvalue weighted by Gasteiger charge is 2.20. The number of halogens is 1. The molecule has 96 valence electrons. The average molecular weight is 249 g/mol. The van der Waals surface area contributed by atoms with Crippen molar-refractivity contribution >= 4 is 11.6 Å². The van der Waals surface area contributed by atoms with Crippen LogP contribution in [0, 0.1) is 0 Å². The molecule has 0 bridgehead atoms. The van der Waals surface area contributed by atoms with Gasteiger partial charge in [0, 0.05) is 25.0 Å². The molecule has 0 spiro atoms. The Bertz CT molecular complexity index is 190. The summed E-state index contributed by atoms with van der Waals surface area (Å²) in [5.74, 6) is 0. The van der Waals surface area contributed by atoms with Gasteiger partial charge in [-0.25, -0.2) is 0 Å². The maximum Gasteiger partial charge on any atom is 0.0829 e. The van der Waals surface area contributed by atoms with Crippen molar-refractivity contribution in [2.75, 3.05) is 46.4 Å². The quantitative estimate of drug-likeness (QED) is 0.665. The van der Waals surface area contributed by atoms with Gasteiger partial charge < -0.3 is 9.64 Å². The van der Waals surface area contributed by atoms with Crippen LogP contribution < -0.4 is 0 Å². The smallest absolute Gasteiger partial charge is 0.0829 e. The first kappa shape index (κ1) is 14.2. The maximum atomic E-state index is 5.94. The largest absolute Gasteiger partial charge is 0.374 e. The molecule has 0 aromatic carbocycles. The number of ether oxygens (including phenoxy) is 1. The van der Waals surface area contributed by atoms with Crippen LogP contribution in [0.25, 0.3) is 0 Å². The van der Waals surface area contributed by atoms with Gasteiger partial charge in [-0.05, 0) is 33.5 Å². The molecule has 16 heavy (non-hydrogen) atoms. The minimum atomic E-state index is 0.266. The van der Waals surface area contributed by atoms with E-state index in [9.17, 15) is 0 Å². The van der Waals surface area contributed by atoms with Gasteiger partial charge in [0.1, 0.15) is 0 Å². The number of rotatable bonds is 6. The lowest BCUT2D eigenvalue weighted by Crippen LogP contribution is -2.46. The number of hydrogen-bond donors (Lipinski definition) is 0. The summed E-state index contributed by atoms with van der Waals surface area (Å²) >= 11 is 5.94. The molecule has 1 rings (SSSR count). The van der Waals surface area contributed by atoms with Crippen LogP contribution in [-0.4, -0.2) is 67.7 Å². The third-order valence-corrected chi connectivity index (χ3v) is 3.31. The maximum absolute atomic E-state index is 5.94. The average Bonchev–Trinajstić information content (AvgIpc) is 2.26. The van der Waals surface area contributed by atoms with E-state index in [2.05, 4.69) is 23.8 Å². The van der Waals surface area contributed by atoms with Crippen LogP contribution in [-0.2, 0) is 4.74 Å². The zero-order valence-corrected chi connectivity index (χ0v) is 11.5. The lowest BCUT2D eigenvalue weighted by Gasteiger charge is -2.34. The van der Waals surface area contributed by atoms with Gasteiger partial charge in [-0.2, -0.15) is 0 Å². The van der Waals surface area contributed by atoms with Gasteiger partial charge in [0.05, 0.1) is 12.7 Å². The summed E-state index contributed by atoms with van der Waals surface area (Å²) in [5, 5.41) is 0.266. The van der Waals surface area contributed by atoms with Crippen molar-refractivity contribution < 1.29 is 4.74 Å². The number of nitrogens with zero attached hydrogens (tertiary/aromatic N) is 2. The Labute approximate surface area is 105 Å². The van der Waals surface area contributed by atoms with Gasteiger partial charge in [0.25, 0.3) is 0 Å². The fourth-order valence-electron chi connectivity index (χ4n) is 2.02. The van der Waals surface area contributed by atoms with Crippen LogP contribution in [0.1, 0.15) is 20.3 Å². The van der Waals surface area contributed by atoms with Crippen LogP contribution >= 0.6 is 11.6 Å². The first-order valence-corrected chi connectivity index (χ1v) is 6.72. The second-order valence-corrected chi connectivity index (χ2v) is 5.46. The van der Waals surface area contributed by atoms with E-state index in [1.807, 2.05) is 6.92 Å². The summed E-state index contributed by atoms with van der Waals surface area (Å²) in [7, 11) is 2.15. The minimum absolute atomic E-state index is 0.266. The molecule has 0 radical (unpaired) electrons. The van der Waals surface area contributed by atoms with Crippen molar-refractivity contribution in [1.82, 2.24) is 9.80 Å². The third-order valence-electron chi connectivity index (χ3n) is 3.09. The van der Waals surface area contributed by atoms with E-state index in [4.69, 9.17) is 16.3 Å². The standard InChI is InChI=1S/C12H25ClN2O/c1-4-15-7-8-16-12(10-15)9-14(3)6-5-11(2)13/h11-12H,4-10H2,1-3H3. The second-order valence-electron chi connectivity index (χ2n) is 4.72. The van der Waals surface area contributed by atoms with E-state index in [0.717, 1.165) is 45.8 Å². The monoisotopic (exact) mass is 248 g/mol. The number of morpholine rings is 1. The highest BCUT2D eigenvalue weighted by molar-refractivity contribution is 6.20. The molecule has 1 heterocycles. The highest BCUT2D eigenvalue weighted by atomic mass is 35.5. The van der Waals surface area contributed by atoms with Gasteiger partial charge >= 0.3 is 0 Å². The first-order valence-electron chi connectivity index (χ1n) is 6.28. The van der Waals surface area contributed by atoms with E-state index < -0.39 is 0 Å². The van der Waals surface area contributed by atoms with Gasteiger partial charge in [-0.1, -0.05) is 6.92 Å². The Hall–Kier alpha value is 0.170. The zero-order valence-electron chi connectivity index (χ0n) is 10.8. The van der Waals surface area contributed by atoms with Crippen LogP contribution in [0.4, 0.5) is 0 Å². The molecule has 3 nitrogen and oxygen atoms in total. The Morgan fingerprint density at radius 2 is 2.31 bits per heavy atom. The molecule has 2 unspecified atom stereocenters. The van der Waals surface area contributed by atoms with Crippen LogP contribution in [0.15, 0.2) is 0 Å². The molecule has 1 fully saturated rings. The zero-order chi connectivity index (χ0) is 12.0.